The molecule has 0 radical (unpaired) electrons. The largest absolute Gasteiger partial charge is 0.481 e. The molecule has 2 aromatic carbocycles. The van der Waals surface area contributed by atoms with E-state index in [0.29, 0.717) is 12.8 Å². The van der Waals surface area contributed by atoms with Crippen molar-refractivity contribution in [3.63, 3.8) is 0 Å². The van der Waals surface area contributed by atoms with Gasteiger partial charge >= 0.3 is 5.97 Å². The smallest absolute Gasteiger partial charge is 0.303 e. The molecule has 0 unspecified atom stereocenters. The van der Waals surface area contributed by atoms with E-state index < -0.39 is 5.97 Å². The lowest BCUT2D eigenvalue weighted by Crippen LogP contribution is -2.23. The molecule has 1 atom stereocenters. The number of rotatable bonds is 6. The number of benzene rings is 2. The van der Waals surface area contributed by atoms with Crippen LogP contribution in [-0.4, -0.2) is 17.1 Å². The Morgan fingerprint density at radius 3 is 2.14 bits per heavy atom. The number of hydrogen-bond acceptors (Lipinski definition) is 2. The number of nitrogens with two attached hydrogens (primary N) is 1. The molecule has 0 aliphatic heterocycles. The Balaban J connectivity index is 0.00000220. The molecule has 0 fully saturated rings. The Morgan fingerprint density at radius 2 is 1.57 bits per heavy atom. The Labute approximate surface area is 131 Å². The van der Waals surface area contributed by atoms with E-state index >= 15 is 0 Å². The van der Waals surface area contributed by atoms with Crippen molar-refractivity contribution in [1.29, 1.82) is 0 Å². The zero-order valence-corrected chi connectivity index (χ0v) is 12.6. The number of carbonyl (C=O) groups is 1. The highest BCUT2D eigenvalue weighted by Crippen LogP contribution is 2.19. The minimum atomic E-state index is -0.792. The molecule has 0 saturated carbocycles. The quantitative estimate of drug-likeness (QED) is 0.858. The third-order valence-electron chi connectivity index (χ3n) is 3.29. The number of hydrogen-bond donors (Lipinski definition) is 2. The van der Waals surface area contributed by atoms with Gasteiger partial charge in [0.15, 0.2) is 0 Å². The van der Waals surface area contributed by atoms with E-state index in [-0.39, 0.29) is 24.9 Å². The van der Waals surface area contributed by atoms with Crippen molar-refractivity contribution in [2.45, 2.75) is 25.3 Å². The van der Waals surface area contributed by atoms with Crippen molar-refractivity contribution in [3.05, 3.63) is 60.2 Å². The highest BCUT2D eigenvalue weighted by atomic mass is 35.5. The molecule has 0 saturated heterocycles. The van der Waals surface area contributed by atoms with Crippen LogP contribution in [-0.2, 0) is 11.2 Å². The van der Waals surface area contributed by atoms with Crippen LogP contribution in [0.4, 0.5) is 0 Å². The first-order valence-electron chi connectivity index (χ1n) is 6.77. The molecule has 0 heterocycles. The van der Waals surface area contributed by atoms with E-state index in [2.05, 4.69) is 36.4 Å². The molecular weight excluding hydrogens is 286 g/mol. The van der Waals surface area contributed by atoms with Crippen molar-refractivity contribution in [3.8, 4) is 11.1 Å². The summed E-state index contributed by atoms with van der Waals surface area (Å²) in [7, 11) is 0. The second kappa shape index (κ2) is 8.45. The summed E-state index contributed by atoms with van der Waals surface area (Å²) in [6.45, 7) is 0. The summed E-state index contributed by atoms with van der Waals surface area (Å²) in [6.07, 6.45) is 1.35. The maximum absolute atomic E-state index is 10.5. The fourth-order valence-electron chi connectivity index (χ4n) is 2.18. The predicted molar refractivity (Wildman–Crippen MR) is 87.7 cm³/mol. The van der Waals surface area contributed by atoms with E-state index in [1.165, 1.54) is 11.1 Å². The lowest BCUT2D eigenvalue weighted by molar-refractivity contribution is -0.137. The van der Waals surface area contributed by atoms with Gasteiger partial charge in [0.2, 0.25) is 0 Å². The van der Waals surface area contributed by atoms with Gasteiger partial charge in [-0.1, -0.05) is 54.6 Å². The molecule has 0 bridgehead atoms. The molecule has 0 aliphatic rings. The lowest BCUT2D eigenvalue weighted by atomic mass is 9.99. The average Bonchev–Trinajstić information content (AvgIpc) is 2.47. The normalized spacial score (nSPS) is 11.5. The van der Waals surface area contributed by atoms with Crippen LogP contribution in [0.1, 0.15) is 18.4 Å². The average molecular weight is 306 g/mol. The summed E-state index contributed by atoms with van der Waals surface area (Å²) >= 11 is 0. The van der Waals surface area contributed by atoms with Gasteiger partial charge in [-0.05, 0) is 29.5 Å². The van der Waals surface area contributed by atoms with Crippen LogP contribution in [0.3, 0.4) is 0 Å². The second-order valence-corrected chi connectivity index (χ2v) is 4.96. The Bertz CT molecular complexity index is 555. The van der Waals surface area contributed by atoms with Crippen LogP contribution in [0.25, 0.3) is 11.1 Å². The highest BCUT2D eigenvalue weighted by molar-refractivity contribution is 5.85. The molecule has 0 aromatic heterocycles. The van der Waals surface area contributed by atoms with Crippen LogP contribution in [0.5, 0.6) is 0 Å². The van der Waals surface area contributed by atoms with Crippen LogP contribution in [0.2, 0.25) is 0 Å². The summed E-state index contributed by atoms with van der Waals surface area (Å²) in [5.41, 5.74) is 9.44. The van der Waals surface area contributed by atoms with Crippen molar-refractivity contribution in [1.82, 2.24) is 0 Å². The minimum Gasteiger partial charge on any atom is -0.481 e. The van der Waals surface area contributed by atoms with Crippen LogP contribution >= 0.6 is 12.4 Å². The molecule has 3 N–H and O–H groups in total. The lowest BCUT2D eigenvalue weighted by Gasteiger charge is -2.11. The maximum Gasteiger partial charge on any atom is 0.303 e. The minimum absolute atomic E-state index is 0. The van der Waals surface area contributed by atoms with Gasteiger partial charge in [0.05, 0.1) is 0 Å². The number of carboxylic acid groups (broad SMARTS) is 1. The maximum atomic E-state index is 10.5. The Morgan fingerprint density at radius 1 is 1.00 bits per heavy atom. The summed E-state index contributed by atoms with van der Waals surface area (Å²) in [6, 6.07) is 18.4. The van der Waals surface area contributed by atoms with E-state index in [0.717, 1.165) is 5.56 Å². The molecule has 0 amide bonds. The third-order valence-corrected chi connectivity index (χ3v) is 3.29. The van der Waals surface area contributed by atoms with Gasteiger partial charge in [-0.3, -0.25) is 4.79 Å². The SMILES string of the molecule is Cl.N[C@@H](CCC(=O)O)Cc1ccc(-c2ccccc2)cc1. The Kier molecular flexibility index (Phi) is 6.92. The molecule has 21 heavy (non-hydrogen) atoms. The first-order valence-corrected chi connectivity index (χ1v) is 6.77. The monoisotopic (exact) mass is 305 g/mol. The highest BCUT2D eigenvalue weighted by Gasteiger charge is 2.07. The van der Waals surface area contributed by atoms with E-state index in [1.54, 1.807) is 0 Å². The van der Waals surface area contributed by atoms with Gasteiger partial charge in [0.25, 0.3) is 0 Å². The zero-order valence-electron chi connectivity index (χ0n) is 11.7. The Hall–Kier alpha value is -1.84. The number of carboxylic acids is 1. The van der Waals surface area contributed by atoms with E-state index in [9.17, 15) is 4.79 Å². The van der Waals surface area contributed by atoms with Crippen molar-refractivity contribution < 1.29 is 9.90 Å². The van der Waals surface area contributed by atoms with Crippen molar-refractivity contribution in [2.24, 2.45) is 5.73 Å². The molecular formula is C17H20ClNO2. The van der Waals surface area contributed by atoms with Crippen molar-refractivity contribution >= 4 is 18.4 Å². The fourth-order valence-corrected chi connectivity index (χ4v) is 2.18. The molecule has 4 heteroatoms. The first-order chi connectivity index (χ1) is 9.65. The summed E-state index contributed by atoms with van der Waals surface area (Å²) < 4.78 is 0. The second-order valence-electron chi connectivity index (χ2n) is 4.96. The van der Waals surface area contributed by atoms with Crippen LogP contribution in [0.15, 0.2) is 54.6 Å². The van der Waals surface area contributed by atoms with Crippen LogP contribution in [0, 0.1) is 0 Å². The van der Waals surface area contributed by atoms with Gasteiger partial charge in [-0.15, -0.1) is 12.4 Å². The third kappa shape index (κ3) is 5.58. The van der Waals surface area contributed by atoms with E-state index in [4.69, 9.17) is 10.8 Å². The summed E-state index contributed by atoms with van der Waals surface area (Å²) in [5, 5.41) is 8.64. The van der Waals surface area contributed by atoms with Gasteiger partial charge in [0, 0.05) is 12.5 Å². The van der Waals surface area contributed by atoms with Crippen LogP contribution < -0.4 is 5.73 Å². The van der Waals surface area contributed by atoms with Gasteiger partial charge < -0.3 is 10.8 Å². The molecule has 112 valence electrons. The summed E-state index contributed by atoms with van der Waals surface area (Å²) in [4.78, 5) is 10.5. The standard InChI is InChI=1S/C17H19NO2.ClH/c18-16(10-11-17(19)20)12-13-6-8-15(9-7-13)14-4-2-1-3-5-14;/h1-9,16H,10-12,18H2,(H,19,20);1H/t16-;/m0./s1. The predicted octanol–water partition coefficient (Wildman–Crippen LogP) is 3.51. The van der Waals surface area contributed by atoms with E-state index in [1.807, 2.05) is 18.2 Å². The number of aliphatic carboxylic acids is 1. The molecule has 3 nitrogen and oxygen atoms in total. The molecule has 2 rings (SSSR count). The number of halogens is 1. The molecule has 0 spiro atoms. The zero-order chi connectivity index (χ0) is 14.4. The molecule has 0 aliphatic carbocycles. The summed E-state index contributed by atoms with van der Waals surface area (Å²) in [5.74, 6) is -0.792. The topological polar surface area (TPSA) is 63.3 Å². The first kappa shape index (κ1) is 17.2. The van der Waals surface area contributed by atoms with Crippen molar-refractivity contribution in [2.75, 3.05) is 0 Å². The molecule has 2 aromatic rings. The van der Waals surface area contributed by atoms with Gasteiger partial charge in [-0.25, -0.2) is 0 Å². The fraction of sp³-hybridized carbons (Fsp3) is 0.235. The van der Waals surface area contributed by atoms with Gasteiger partial charge in [-0.2, -0.15) is 0 Å². The van der Waals surface area contributed by atoms with Gasteiger partial charge in [0.1, 0.15) is 0 Å².